The van der Waals surface area contributed by atoms with Gasteiger partial charge in [-0.05, 0) is 35.5 Å². The fourth-order valence-electron chi connectivity index (χ4n) is 4.33. The van der Waals surface area contributed by atoms with Crippen molar-refractivity contribution in [1.29, 1.82) is 0 Å². The standard InChI is InChI=1S/C25H23I/c26-24-18-16-23(17-19-24)25(20-10-4-1-5-11-20,21-12-6-2-7-13-21)22-14-8-3-9-15-22/h1-14,16-18,22,24H,15,19H2. The van der Waals surface area contributed by atoms with E-state index in [9.17, 15) is 0 Å². The molecule has 4 rings (SSSR count). The van der Waals surface area contributed by atoms with Gasteiger partial charge in [0.25, 0.3) is 0 Å². The predicted molar refractivity (Wildman–Crippen MR) is 120 cm³/mol. The first-order chi connectivity index (χ1) is 12.8. The van der Waals surface area contributed by atoms with Crippen LogP contribution in [0.3, 0.4) is 0 Å². The van der Waals surface area contributed by atoms with E-state index in [-0.39, 0.29) is 5.41 Å². The van der Waals surface area contributed by atoms with E-state index in [0.717, 1.165) is 12.8 Å². The Balaban J connectivity index is 1.99. The number of rotatable bonds is 4. The van der Waals surface area contributed by atoms with Gasteiger partial charge in [-0.2, -0.15) is 0 Å². The highest BCUT2D eigenvalue weighted by Gasteiger charge is 2.43. The smallest absolute Gasteiger partial charge is 0.0513 e. The summed E-state index contributed by atoms with van der Waals surface area (Å²) < 4.78 is 0.586. The van der Waals surface area contributed by atoms with Crippen LogP contribution in [0.2, 0.25) is 0 Å². The molecule has 0 fully saturated rings. The average Bonchev–Trinajstić information content (AvgIpc) is 2.72. The van der Waals surface area contributed by atoms with Crippen molar-refractivity contribution in [1.82, 2.24) is 0 Å². The molecule has 0 radical (unpaired) electrons. The maximum Gasteiger partial charge on any atom is 0.0513 e. The zero-order valence-corrected chi connectivity index (χ0v) is 16.9. The van der Waals surface area contributed by atoms with Crippen molar-refractivity contribution in [2.24, 2.45) is 5.92 Å². The molecule has 0 saturated carbocycles. The summed E-state index contributed by atoms with van der Waals surface area (Å²) >= 11 is 2.52. The second-order valence-electron chi connectivity index (χ2n) is 6.97. The number of hydrogen-bond acceptors (Lipinski definition) is 0. The molecule has 0 heterocycles. The van der Waals surface area contributed by atoms with Crippen LogP contribution in [0.25, 0.3) is 0 Å². The van der Waals surface area contributed by atoms with Gasteiger partial charge in [-0.25, -0.2) is 0 Å². The van der Waals surface area contributed by atoms with Gasteiger partial charge in [0.1, 0.15) is 0 Å². The number of alkyl halides is 1. The molecule has 2 aromatic rings. The Kier molecular flexibility index (Phi) is 5.26. The topological polar surface area (TPSA) is 0 Å². The molecule has 2 unspecified atom stereocenters. The van der Waals surface area contributed by atoms with Crippen LogP contribution in [0.5, 0.6) is 0 Å². The summed E-state index contributed by atoms with van der Waals surface area (Å²) in [5.74, 6) is 0.402. The van der Waals surface area contributed by atoms with Gasteiger partial charge in [0, 0.05) is 3.92 Å². The third-order valence-corrected chi connectivity index (χ3v) is 6.42. The molecule has 1 heteroatoms. The molecular formula is C25H23I. The van der Waals surface area contributed by atoms with Crippen LogP contribution in [-0.2, 0) is 5.41 Å². The number of hydrogen-bond donors (Lipinski definition) is 0. The minimum Gasteiger partial charge on any atom is -0.0839 e. The maximum atomic E-state index is 2.52. The highest BCUT2D eigenvalue weighted by Crippen LogP contribution is 2.49. The van der Waals surface area contributed by atoms with E-state index < -0.39 is 0 Å². The van der Waals surface area contributed by atoms with Crippen molar-refractivity contribution in [3.05, 3.63) is 120 Å². The summed E-state index contributed by atoms with van der Waals surface area (Å²) in [5.41, 5.74) is 4.02. The Morgan fingerprint density at radius 3 is 1.92 bits per heavy atom. The van der Waals surface area contributed by atoms with E-state index >= 15 is 0 Å². The van der Waals surface area contributed by atoms with Gasteiger partial charge in [-0.15, -0.1) is 0 Å². The van der Waals surface area contributed by atoms with E-state index in [2.05, 4.69) is 126 Å². The van der Waals surface area contributed by atoms with Gasteiger partial charge in [0.15, 0.2) is 0 Å². The molecule has 0 amide bonds. The Morgan fingerprint density at radius 1 is 0.769 bits per heavy atom. The molecule has 0 bridgehead atoms. The van der Waals surface area contributed by atoms with Crippen LogP contribution in [0.1, 0.15) is 24.0 Å². The van der Waals surface area contributed by atoms with E-state index in [1.54, 1.807) is 0 Å². The molecule has 26 heavy (non-hydrogen) atoms. The lowest BCUT2D eigenvalue weighted by atomic mass is 9.59. The third kappa shape index (κ3) is 3.14. The van der Waals surface area contributed by atoms with Crippen molar-refractivity contribution in [3.63, 3.8) is 0 Å². The molecule has 130 valence electrons. The highest BCUT2D eigenvalue weighted by atomic mass is 127. The first-order valence-electron chi connectivity index (χ1n) is 9.29. The molecule has 0 nitrogen and oxygen atoms in total. The predicted octanol–water partition coefficient (Wildman–Crippen LogP) is 6.79. The lowest BCUT2D eigenvalue weighted by Crippen LogP contribution is -2.38. The van der Waals surface area contributed by atoms with Crippen LogP contribution < -0.4 is 0 Å². The number of allylic oxidation sites excluding steroid dienone is 8. The molecule has 2 aliphatic rings. The van der Waals surface area contributed by atoms with Crippen LogP contribution in [0.15, 0.2) is 109 Å². The molecular weight excluding hydrogens is 427 g/mol. The van der Waals surface area contributed by atoms with E-state index in [1.807, 2.05) is 0 Å². The summed E-state index contributed by atoms with van der Waals surface area (Å²) in [6.45, 7) is 0. The van der Waals surface area contributed by atoms with Gasteiger partial charge in [0.2, 0.25) is 0 Å². The summed E-state index contributed by atoms with van der Waals surface area (Å²) in [7, 11) is 0. The second-order valence-corrected chi connectivity index (χ2v) is 8.57. The highest BCUT2D eigenvalue weighted by molar-refractivity contribution is 14.1. The summed E-state index contributed by atoms with van der Waals surface area (Å²) in [6, 6.07) is 22.1. The van der Waals surface area contributed by atoms with Gasteiger partial charge in [-0.1, -0.05) is 126 Å². The van der Waals surface area contributed by atoms with Crippen LogP contribution in [0.4, 0.5) is 0 Å². The van der Waals surface area contributed by atoms with E-state index in [1.165, 1.54) is 16.7 Å². The number of halogens is 1. The monoisotopic (exact) mass is 450 g/mol. The van der Waals surface area contributed by atoms with Gasteiger partial charge in [-0.3, -0.25) is 0 Å². The molecule has 0 saturated heterocycles. The van der Waals surface area contributed by atoms with Gasteiger partial charge < -0.3 is 0 Å². The lowest BCUT2D eigenvalue weighted by molar-refractivity contribution is 0.445. The summed E-state index contributed by atoms with van der Waals surface area (Å²) in [5, 5.41) is 0. The maximum absolute atomic E-state index is 2.52. The molecule has 0 N–H and O–H groups in total. The zero-order chi connectivity index (χ0) is 17.8. The summed E-state index contributed by atoms with van der Waals surface area (Å²) in [4.78, 5) is 0. The van der Waals surface area contributed by atoms with Crippen LogP contribution in [0, 0.1) is 5.92 Å². The van der Waals surface area contributed by atoms with Crippen molar-refractivity contribution >= 4 is 22.6 Å². The number of benzene rings is 2. The largest absolute Gasteiger partial charge is 0.0839 e. The zero-order valence-electron chi connectivity index (χ0n) is 14.8. The molecule has 2 atom stereocenters. The Bertz CT molecular complexity index is 816. The molecule has 2 aromatic carbocycles. The van der Waals surface area contributed by atoms with Crippen molar-refractivity contribution in [2.75, 3.05) is 0 Å². The fraction of sp³-hybridized carbons (Fsp3) is 0.200. The molecule has 2 aliphatic carbocycles. The first kappa shape index (κ1) is 17.5. The van der Waals surface area contributed by atoms with Gasteiger partial charge in [0.05, 0.1) is 5.41 Å². The minimum atomic E-state index is -0.156. The molecule has 0 aromatic heterocycles. The van der Waals surface area contributed by atoms with Crippen molar-refractivity contribution in [3.8, 4) is 0 Å². The molecule has 0 spiro atoms. The SMILES string of the molecule is IC1C=CC(C(c2ccccc2)(c2ccccc2)C2C=CC=CC2)=CC1. The molecule has 0 aliphatic heterocycles. The van der Waals surface area contributed by atoms with Crippen molar-refractivity contribution < 1.29 is 0 Å². The van der Waals surface area contributed by atoms with Crippen LogP contribution >= 0.6 is 22.6 Å². The van der Waals surface area contributed by atoms with E-state index in [0.29, 0.717) is 9.84 Å². The second kappa shape index (κ2) is 7.79. The third-order valence-electron chi connectivity index (χ3n) is 5.50. The Hall–Kier alpha value is -1.87. The Morgan fingerprint density at radius 2 is 1.42 bits per heavy atom. The normalized spacial score (nSPS) is 22.3. The fourth-order valence-corrected chi connectivity index (χ4v) is 4.79. The average molecular weight is 450 g/mol. The van der Waals surface area contributed by atoms with E-state index in [4.69, 9.17) is 0 Å². The van der Waals surface area contributed by atoms with Gasteiger partial charge >= 0.3 is 0 Å². The lowest BCUT2D eigenvalue weighted by Gasteiger charge is -2.43. The quantitative estimate of drug-likeness (QED) is 0.355. The summed E-state index contributed by atoms with van der Waals surface area (Å²) in [6.07, 6.45) is 18.4. The Labute approximate surface area is 170 Å². The van der Waals surface area contributed by atoms with Crippen LogP contribution in [-0.4, -0.2) is 3.92 Å². The first-order valence-corrected chi connectivity index (χ1v) is 10.5. The minimum absolute atomic E-state index is 0.156. The van der Waals surface area contributed by atoms with Crippen molar-refractivity contribution in [2.45, 2.75) is 22.2 Å².